The molecule has 0 aliphatic rings. The zero-order valence-corrected chi connectivity index (χ0v) is 16.0. The predicted molar refractivity (Wildman–Crippen MR) is 103 cm³/mol. The maximum absolute atomic E-state index is 12.5. The SMILES string of the molecule is NCCNc1cc(NC(=O)Nc2cccc(Br)c2CO)cc(OC(F)(F)F)c1. The standard InChI is InChI=1S/C17H18BrF3N4O3/c18-14-2-1-3-15(13(14)9-26)25-16(27)24-11-6-10(23-5-4-22)7-12(8-11)28-17(19,20)21/h1-3,6-8,23,26H,4-5,9,22H2,(H2,24,25,27). The van der Waals surface area contributed by atoms with Gasteiger partial charge in [-0.1, -0.05) is 22.0 Å². The number of amides is 2. The summed E-state index contributed by atoms with van der Waals surface area (Å²) >= 11 is 3.26. The Kier molecular flexibility index (Phi) is 7.49. The summed E-state index contributed by atoms with van der Waals surface area (Å²) in [6.07, 6.45) is -4.88. The van der Waals surface area contributed by atoms with E-state index >= 15 is 0 Å². The Hall–Kier alpha value is -2.50. The fourth-order valence-electron chi connectivity index (χ4n) is 2.30. The minimum absolute atomic E-state index is 0.0688. The molecule has 11 heteroatoms. The predicted octanol–water partition coefficient (Wildman–Crippen LogP) is 3.85. The average Bonchev–Trinajstić information content (AvgIpc) is 2.58. The van der Waals surface area contributed by atoms with Gasteiger partial charge >= 0.3 is 12.4 Å². The minimum Gasteiger partial charge on any atom is -0.406 e. The van der Waals surface area contributed by atoms with E-state index in [0.29, 0.717) is 28.0 Å². The first kappa shape index (κ1) is 21.8. The van der Waals surface area contributed by atoms with Gasteiger partial charge in [-0.3, -0.25) is 0 Å². The highest BCUT2D eigenvalue weighted by molar-refractivity contribution is 9.10. The fraction of sp³-hybridized carbons (Fsp3) is 0.235. The smallest absolute Gasteiger partial charge is 0.406 e. The summed E-state index contributed by atoms with van der Waals surface area (Å²) in [5.74, 6) is -0.497. The Bertz CT molecular complexity index is 834. The van der Waals surface area contributed by atoms with Crippen molar-refractivity contribution in [2.24, 2.45) is 5.73 Å². The second-order valence-corrected chi connectivity index (χ2v) is 6.37. The number of anilines is 3. The van der Waals surface area contributed by atoms with Crippen LogP contribution in [0.15, 0.2) is 40.9 Å². The van der Waals surface area contributed by atoms with Gasteiger partial charge in [0.15, 0.2) is 0 Å². The summed E-state index contributed by atoms with van der Waals surface area (Å²) in [5, 5.41) is 17.2. The van der Waals surface area contributed by atoms with Gasteiger partial charge in [0.1, 0.15) is 5.75 Å². The Morgan fingerprint density at radius 2 is 1.89 bits per heavy atom. The van der Waals surface area contributed by atoms with E-state index in [2.05, 4.69) is 36.6 Å². The molecule has 6 N–H and O–H groups in total. The number of ether oxygens (including phenoxy) is 1. The molecule has 2 rings (SSSR count). The van der Waals surface area contributed by atoms with Gasteiger partial charge in [-0.2, -0.15) is 0 Å². The number of urea groups is 1. The lowest BCUT2D eigenvalue weighted by Crippen LogP contribution is -2.21. The third-order valence-corrected chi connectivity index (χ3v) is 4.14. The molecular formula is C17H18BrF3N4O3. The van der Waals surface area contributed by atoms with Gasteiger partial charge in [0, 0.05) is 52.3 Å². The number of halogens is 4. The van der Waals surface area contributed by atoms with Crippen molar-refractivity contribution in [2.45, 2.75) is 13.0 Å². The number of aliphatic hydroxyl groups excluding tert-OH is 1. The van der Waals surface area contributed by atoms with Crippen LogP contribution in [0.25, 0.3) is 0 Å². The van der Waals surface area contributed by atoms with Crippen LogP contribution in [0.3, 0.4) is 0 Å². The van der Waals surface area contributed by atoms with E-state index in [1.807, 2.05) is 0 Å². The molecule has 2 aromatic rings. The highest BCUT2D eigenvalue weighted by Crippen LogP contribution is 2.30. The number of rotatable bonds is 7. The lowest BCUT2D eigenvalue weighted by molar-refractivity contribution is -0.274. The lowest BCUT2D eigenvalue weighted by atomic mass is 10.2. The second kappa shape index (κ2) is 9.62. The first-order valence-corrected chi connectivity index (χ1v) is 8.82. The monoisotopic (exact) mass is 462 g/mol. The van der Waals surface area contributed by atoms with Crippen LogP contribution in [0.2, 0.25) is 0 Å². The molecule has 0 aliphatic carbocycles. The largest absolute Gasteiger partial charge is 0.573 e. The van der Waals surface area contributed by atoms with E-state index < -0.39 is 18.1 Å². The summed E-state index contributed by atoms with van der Waals surface area (Å²) in [7, 11) is 0. The van der Waals surface area contributed by atoms with Crippen LogP contribution in [0.4, 0.5) is 35.0 Å². The van der Waals surface area contributed by atoms with E-state index in [1.54, 1.807) is 18.2 Å². The van der Waals surface area contributed by atoms with Crippen molar-refractivity contribution < 1.29 is 27.8 Å². The van der Waals surface area contributed by atoms with Gasteiger partial charge in [0.2, 0.25) is 0 Å². The normalized spacial score (nSPS) is 11.1. The van der Waals surface area contributed by atoms with Crippen LogP contribution in [-0.4, -0.2) is 30.6 Å². The molecule has 0 radical (unpaired) electrons. The fourth-order valence-corrected chi connectivity index (χ4v) is 2.80. The van der Waals surface area contributed by atoms with Crippen LogP contribution >= 0.6 is 15.9 Å². The molecular weight excluding hydrogens is 445 g/mol. The molecule has 0 aromatic heterocycles. The summed E-state index contributed by atoms with van der Waals surface area (Å²) in [5.41, 5.74) is 6.55. The highest BCUT2D eigenvalue weighted by atomic mass is 79.9. The topological polar surface area (TPSA) is 109 Å². The van der Waals surface area contributed by atoms with Crippen molar-refractivity contribution in [2.75, 3.05) is 29.0 Å². The van der Waals surface area contributed by atoms with Crippen molar-refractivity contribution in [3.63, 3.8) is 0 Å². The van der Waals surface area contributed by atoms with Gasteiger partial charge < -0.3 is 31.5 Å². The average molecular weight is 463 g/mol. The van der Waals surface area contributed by atoms with Crippen LogP contribution in [-0.2, 0) is 6.61 Å². The summed E-state index contributed by atoms with van der Waals surface area (Å²) in [6.45, 7) is 0.262. The number of alkyl halides is 3. The molecule has 2 amide bonds. The van der Waals surface area contributed by atoms with Gasteiger partial charge in [0.05, 0.1) is 6.61 Å². The van der Waals surface area contributed by atoms with E-state index in [-0.39, 0.29) is 18.8 Å². The molecule has 0 aliphatic heterocycles. The molecule has 7 nitrogen and oxygen atoms in total. The zero-order chi connectivity index (χ0) is 20.7. The molecule has 0 saturated carbocycles. The summed E-state index contributed by atoms with van der Waals surface area (Å²) in [6, 6.07) is 7.84. The number of hydrogen-bond acceptors (Lipinski definition) is 5. The van der Waals surface area contributed by atoms with Crippen molar-refractivity contribution >= 4 is 39.0 Å². The number of nitrogens with two attached hydrogens (primary N) is 1. The molecule has 0 atom stereocenters. The number of nitrogens with one attached hydrogen (secondary N) is 3. The molecule has 28 heavy (non-hydrogen) atoms. The van der Waals surface area contributed by atoms with Crippen LogP contribution in [0.5, 0.6) is 5.75 Å². The van der Waals surface area contributed by atoms with E-state index in [4.69, 9.17) is 5.73 Å². The molecule has 0 bridgehead atoms. The zero-order valence-electron chi connectivity index (χ0n) is 14.4. The molecule has 0 fully saturated rings. The van der Waals surface area contributed by atoms with Gasteiger partial charge in [-0.25, -0.2) is 4.79 Å². The lowest BCUT2D eigenvalue weighted by Gasteiger charge is -2.15. The molecule has 152 valence electrons. The summed E-state index contributed by atoms with van der Waals surface area (Å²) in [4.78, 5) is 12.3. The minimum atomic E-state index is -4.88. The van der Waals surface area contributed by atoms with E-state index in [0.717, 1.165) is 12.1 Å². The van der Waals surface area contributed by atoms with Crippen molar-refractivity contribution in [3.05, 3.63) is 46.4 Å². The Labute approximate surface area is 167 Å². The van der Waals surface area contributed by atoms with Crippen molar-refractivity contribution in [1.29, 1.82) is 0 Å². The van der Waals surface area contributed by atoms with Gasteiger partial charge in [0.25, 0.3) is 0 Å². The van der Waals surface area contributed by atoms with Gasteiger partial charge in [-0.05, 0) is 18.2 Å². The summed E-state index contributed by atoms with van der Waals surface area (Å²) < 4.78 is 42.1. The maximum Gasteiger partial charge on any atom is 0.573 e. The number of aliphatic hydroxyl groups is 1. The maximum atomic E-state index is 12.5. The number of carbonyl (C=O) groups is 1. The van der Waals surface area contributed by atoms with E-state index in [1.165, 1.54) is 6.07 Å². The van der Waals surface area contributed by atoms with Crippen molar-refractivity contribution in [3.8, 4) is 5.75 Å². The number of carbonyl (C=O) groups excluding carboxylic acids is 1. The first-order chi connectivity index (χ1) is 13.2. The van der Waals surface area contributed by atoms with Crippen LogP contribution < -0.4 is 26.4 Å². The molecule has 2 aromatic carbocycles. The first-order valence-electron chi connectivity index (χ1n) is 8.03. The third kappa shape index (κ3) is 6.59. The Morgan fingerprint density at radius 1 is 1.18 bits per heavy atom. The Balaban J connectivity index is 2.20. The number of benzene rings is 2. The third-order valence-electron chi connectivity index (χ3n) is 3.40. The van der Waals surface area contributed by atoms with Gasteiger partial charge in [-0.15, -0.1) is 13.2 Å². The van der Waals surface area contributed by atoms with E-state index in [9.17, 15) is 23.1 Å². The second-order valence-electron chi connectivity index (χ2n) is 5.51. The molecule has 0 unspecified atom stereocenters. The van der Waals surface area contributed by atoms with Crippen LogP contribution in [0.1, 0.15) is 5.56 Å². The van der Waals surface area contributed by atoms with Crippen LogP contribution in [0, 0.1) is 0 Å². The molecule has 0 spiro atoms. The van der Waals surface area contributed by atoms with Crippen molar-refractivity contribution in [1.82, 2.24) is 0 Å². The molecule has 0 heterocycles. The highest BCUT2D eigenvalue weighted by Gasteiger charge is 2.31. The number of hydrogen-bond donors (Lipinski definition) is 5. The molecule has 0 saturated heterocycles. The quantitative estimate of drug-likeness (QED) is 0.429. The Morgan fingerprint density at radius 3 is 2.54 bits per heavy atom.